The largest absolute Gasteiger partial charge is 0.476 e. The highest BCUT2D eigenvalue weighted by atomic mass is 16.4. The van der Waals surface area contributed by atoms with Crippen LogP contribution in [0.5, 0.6) is 0 Å². The molecule has 18 heavy (non-hydrogen) atoms. The Labute approximate surface area is 103 Å². The van der Waals surface area contributed by atoms with Crippen LogP contribution in [-0.2, 0) is 13.0 Å². The van der Waals surface area contributed by atoms with E-state index in [4.69, 9.17) is 10.8 Å². The monoisotopic (exact) mass is 247 g/mol. The van der Waals surface area contributed by atoms with Crippen molar-refractivity contribution < 1.29 is 9.90 Å². The molecule has 0 spiro atoms. The first-order chi connectivity index (χ1) is 8.72. The molecule has 0 unspecified atom stereocenters. The van der Waals surface area contributed by atoms with Crippen molar-refractivity contribution in [3.63, 3.8) is 0 Å². The predicted molar refractivity (Wildman–Crippen MR) is 63.1 cm³/mol. The molecule has 2 rings (SSSR count). The quantitative estimate of drug-likeness (QED) is 0.765. The Kier molecular flexibility index (Phi) is 3.63. The van der Waals surface area contributed by atoms with Gasteiger partial charge in [-0.05, 0) is 18.7 Å². The highest BCUT2D eigenvalue weighted by Gasteiger charge is 2.18. The molecular formula is C11H13N5O2. The molecule has 0 fully saturated rings. The lowest BCUT2D eigenvalue weighted by Crippen LogP contribution is -2.14. The standard InChI is InChI=1S/C11H13N5O2/c12-5-4-9-10(11(17)18)14-15-16(9)7-8-3-1-2-6-13-8/h1-3,6H,4-5,7,12H2,(H,17,18). The minimum absolute atomic E-state index is 0.0450. The van der Waals surface area contributed by atoms with Gasteiger partial charge in [0.05, 0.1) is 17.9 Å². The molecule has 0 amide bonds. The number of nitrogens with two attached hydrogens (primary N) is 1. The van der Waals surface area contributed by atoms with E-state index in [1.807, 2.05) is 18.2 Å². The van der Waals surface area contributed by atoms with Gasteiger partial charge in [-0.25, -0.2) is 9.48 Å². The normalized spacial score (nSPS) is 10.5. The lowest BCUT2D eigenvalue weighted by Gasteiger charge is -2.05. The van der Waals surface area contributed by atoms with E-state index in [0.717, 1.165) is 5.69 Å². The van der Waals surface area contributed by atoms with Gasteiger partial charge in [0.25, 0.3) is 0 Å². The van der Waals surface area contributed by atoms with Crippen LogP contribution in [0.3, 0.4) is 0 Å². The van der Waals surface area contributed by atoms with Crippen LogP contribution in [0.2, 0.25) is 0 Å². The van der Waals surface area contributed by atoms with Gasteiger partial charge < -0.3 is 10.8 Å². The average Bonchev–Trinajstić information content (AvgIpc) is 2.74. The van der Waals surface area contributed by atoms with Gasteiger partial charge in [-0.1, -0.05) is 11.3 Å². The molecule has 2 aromatic heterocycles. The van der Waals surface area contributed by atoms with Gasteiger partial charge in [0.15, 0.2) is 5.69 Å². The topological polar surface area (TPSA) is 107 Å². The number of hydrogen-bond acceptors (Lipinski definition) is 5. The summed E-state index contributed by atoms with van der Waals surface area (Å²) in [5.74, 6) is -1.09. The molecule has 0 saturated carbocycles. The number of aromatic nitrogens is 4. The summed E-state index contributed by atoms with van der Waals surface area (Å²) in [5, 5.41) is 16.5. The summed E-state index contributed by atoms with van der Waals surface area (Å²) < 4.78 is 1.53. The van der Waals surface area contributed by atoms with Crippen LogP contribution in [-0.4, -0.2) is 37.6 Å². The number of carbonyl (C=O) groups is 1. The van der Waals surface area contributed by atoms with E-state index in [2.05, 4.69) is 15.3 Å². The van der Waals surface area contributed by atoms with Crippen molar-refractivity contribution in [1.82, 2.24) is 20.0 Å². The molecule has 0 aliphatic rings. The highest BCUT2D eigenvalue weighted by Crippen LogP contribution is 2.08. The van der Waals surface area contributed by atoms with Crippen LogP contribution < -0.4 is 5.73 Å². The molecule has 2 aromatic rings. The van der Waals surface area contributed by atoms with Crippen molar-refractivity contribution in [2.45, 2.75) is 13.0 Å². The van der Waals surface area contributed by atoms with E-state index < -0.39 is 5.97 Å². The molecule has 0 aliphatic carbocycles. The summed E-state index contributed by atoms with van der Waals surface area (Å²) in [6.45, 7) is 0.728. The fourth-order valence-corrected chi connectivity index (χ4v) is 1.66. The maximum atomic E-state index is 11.0. The van der Waals surface area contributed by atoms with Gasteiger partial charge in [0.2, 0.25) is 0 Å². The van der Waals surface area contributed by atoms with Crippen LogP contribution in [0.4, 0.5) is 0 Å². The number of rotatable bonds is 5. The number of aromatic carboxylic acids is 1. The lowest BCUT2D eigenvalue weighted by molar-refractivity contribution is 0.0689. The van der Waals surface area contributed by atoms with E-state index in [1.165, 1.54) is 4.68 Å². The maximum Gasteiger partial charge on any atom is 0.358 e. The van der Waals surface area contributed by atoms with Gasteiger partial charge in [-0.2, -0.15) is 0 Å². The summed E-state index contributed by atoms with van der Waals surface area (Å²) in [6, 6.07) is 5.52. The van der Waals surface area contributed by atoms with E-state index in [9.17, 15) is 4.79 Å². The van der Waals surface area contributed by atoms with Gasteiger partial charge in [0.1, 0.15) is 0 Å². The first-order valence-electron chi connectivity index (χ1n) is 5.48. The third kappa shape index (κ3) is 2.51. The van der Waals surface area contributed by atoms with Gasteiger partial charge in [0, 0.05) is 12.6 Å². The molecule has 2 heterocycles. The smallest absolute Gasteiger partial charge is 0.358 e. The molecule has 7 heteroatoms. The number of carboxylic acid groups (broad SMARTS) is 1. The Bertz CT molecular complexity index is 538. The summed E-state index contributed by atoms with van der Waals surface area (Å²) in [5.41, 5.74) is 6.74. The predicted octanol–water partition coefficient (Wildman–Crippen LogP) is -0.0792. The molecule has 0 aliphatic heterocycles. The van der Waals surface area contributed by atoms with Gasteiger partial charge in [-0.3, -0.25) is 4.98 Å². The van der Waals surface area contributed by atoms with Crippen LogP contribution in [0.15, 0.2) is 24.4 Å². The number of carboxylic acids is 1. The fraction of sp³-hybridized carbons (Fsp3) is 0.273. The minimum atomic E-state index is -1.09. The van der Waals surface area contributed by atoms with E-state index in [0.29, 0.717) is 25.2 Å². The first-order valence-corrected chi connectivity index (χ1v) is 5.48. The molecule has 3 N–H and O–H groups in total. The van der Waals surface area contributed by atoms with Crippen LogP contribution in [0, 0.1) is 0 Å². The Hall–Kier alpha value is -2.28. The van der Waals surface area contributed by atoms with Gasteiger partial charge >= 0.3 is 5.97 Å². The Balaban J connectivity index is 2.30. The van der Waals surface area contributed by atoms with E-state index in [-0.39, 0.29) is 5.69 Å². The number of nitrogens with zero attached hydrogens (tertiary/aromatic N) is 4. The molecule has 7 nitrogen and oxygen atoms in total. The molecule has 0 aromatic carbocycles. The second kappa shape index (κ2) is 5.37. The lowest BCUT2D eigenvalue weighted by atomic mass is 10.2. The summed E-state index contributed by atoms with van der Waals surface area (Å²) in [6.07, 6.45) is 2.09. The highest BCUT2D eigenvalue weighted by molar-refractivity contribution is 5.86. The molecule has 0 bridgehead atoms. The van der Waals surface area contributed by atoms with Crippen molar-refractivity contribution in [2.75, 3.05) is 6.54 Å². The molecular weight excluding hydrogens is 234 g/mol. The van der Waals surface area contributed by atoms with Crippen LogP contribution in [0.1, 0.15) is 21.9 Å². The third-order valence-electron chi connectivity index (χ3n) is 2.46. The SMILES string of the molecule is NCCc1c(C(=O)O)nnn1Cc1ccccn1. The van der Waals surface area contributed by atoms with Crippen molar-refractivity contribution in [3.8, 4) is 0 Å². The summed E-state index contributed by atoms with van der Waals surface area (Å²) >= 11 is 0. The summed E-state index contributed by atoms with van der Waals surface area (Å²) in [4.78, 5) is 15.2. The Morgan fingerprint density at radius 2 is 2.28 bits per heavy atom. The minimum Gasteiger partial charge on any atom is -0.476 e. The van der Waals surface area contributed by atoms with E-state index >= 15 is 0 Å². The van der Waals surface area contributed by atoms with Crippen molar-refractivity contribution >= 4 is 5.97 Å². The van der Waals surface area contributed by atoms with Crippen LogP contribution >= 0.6 is 0 Å². The average molecular weight is 247 g/mol. The van der Waals surface area contributed by atoms with Crippen molar-refractivity contribution in [3.05, 3.63) is 41.5 Å². The van der Waals surface area contributed by atoms with Crippen molar-refractivity contribution in [1.29, 1.82) is 0 Å². The third-order valence-corrected chi connectivity index (χ3v) is 2.46. The number of hydrogen-bond donors (Lipinski definition) is 2. The molecule has 0 atom stereocenters. The second-order valence-corrected chi connectivity index (χ2v) is 3.71. The van der Waals surface area contributed by atoms with Crippen molar-refractivity contribution in [2.24, 2.45) is 5.73 Å². The zero-order valence-electron chi connectivity index (χ0n) is 9.65. The van der Waals surface area contributed by atoms with Crippen LogP contribution in [0.25, 0.3) is 0 Å². The zero-order chi connectivity index (χ0) is 13.0. The Morgan fingerprint density at radius 3 is 2.89 bits per heavy atom. The van der Waals surface area contributed by atoms with E-state index in [1.54, 1.807) is 6.20 Å². The zero-order valence-corrected chi connectivity index (χ0v) is 9.65. The fourth-order valence-electron chi connectivity index (χ4n) is 1.66. The molecule has 94 valence electrons. The summed E-state index contributed by atoms with van der Waals surface area (Å²) in [7, 11) is 0. The molecule has 0 saturated heterocycles. The van der Waals surface area contributed by atoms with Gasteiger partial charge in [-0.15, -0.1) is 5.10 Å². The Morgan fingerprint density at radius 1 is 1.44 bits per heavy atom. The second-order valence-electron chi connectivity index (χ2n) is 3.71. The molecule has 0 radical (unpaired) electrons. The number of pyridine rings is 1. The maximum absolute atomic E-state index is 11.0. The first kappa shape index (κ1) is 12.2.